The van der Waals surface area contributed by atoms with Crippen LogP contribution in [-0.2, 0) is 14.8 Å². The van der Waals surface area contributed by atoms with Gasteiger partial charge in [-0.05, 0) is 41.7 Å². The fourth-order valence-electron chi connectivity index (χ4n) is 3.21. The number of nitrogens with zero attached hydrogens (tertiary/aromatic N) is 1. The molecule has 1 N–H and O–H groups in total. The predicted octanol–water partition coefficient (Wildman–Crippen LogP) is 3.85. The summed E-state index contributed by atoms with van der Waals surface area (Å²) in [5.41, 5.74) is 2.36. The molecule has 6 nitrogen and oxygen atoms in total. The van der Waals surface area contributed by atoms with E-state index < -0.39 is 10.0 Å². The van der Waals surface area contributed by atoms with E-state index in [1.54, 1.807) is 19.2 Å². The Bertz CT molecular complexity index is 924. The van der Waals surface area contributed by atoms with E-state index in [9.17, 15) is 13.2 Å². The molecule has 0 saturated carbocycles. The lowest BCUT2D eigenvalue weighted by Gasteiger charge is -2.27. The maximum absolute atomic E-state index is 12.8. The first-order valence-electron chi connectivity index (χ1n) is 9.67. The predicted molar refractivity (Wildman–Crippen MR) is 117 cm³/mol. The lowest BCUT2D eigenvalue weighted by molar-refractivity contribution is -0.120. The van der Waals surface area contributed by atoms with Crippen LogP contribution in [0.4, 0.5) is 5.69 Å². The topological polar surface area (TPSA) is 75.7 Å². The van der Waals surface area contributed by atoms with Crippen molar-refractivity contribution >= 4 is 21.6 Å². The zero-order valence-corrected chi connectivity index (χ0v) is 18.5. The number of carbonyl (C=O) groups excluding carboxylic acids is 1. The van der Waals surface area contributed by atoms with E-state index in [0.29, 0.717) is 12.1 Å². The first kappa shape index (κ1) is 22.7. The molecule has 0 aliphatic carbocycles. The molecule has 0 saturated heterocycles. The van der Waals surface area contributed by atoms with Gasteiger partial charge in [-0.25, -0.2) is 8.42 Å². The van der Waals surface area contributed by atoms with Gasteiger partial charge in [-0.3, -0.25) is 9.10 Å². The molecule has 2 aromatic rings. The fraction of sp³-hybridized carbons (Fsp3) is 0.409. The Morgan fingerprint density at radius 3 is 2.24 bits per heavy atom. The van der Waals surface area contributed by atoms with E-state index >= 15 is 0 Å². The van der Waals surface area contributed by atoms with E-state index in [2.05, 4.69) is 5.32 Å². The average molecular weight is 419 g/mol. The first-order valence-corrected chi connectivity index (χ1v) is 11.5. The summed E-state index contributed by atoms with van der Waals surface area (Å²) in [5, 5.41) is 2.96. The number of para-hydroxylation sites is 1. The third kappa shape index (κ3) is 5.97. The third-order valence-electron chi connectivity index (χ3n) is 4.78. The minimum atomic E-state index is -3.63. The molecule has 0 spiro atoms. The van der Waals surface area contributed by atoms with E-state index in [1.165, 1.54) is 4.31 Å². The third-order valence-corrected chi connectivity index (χ3v) is 5.90. The van der Waals surface area contributed by atoms with Crippen molar-refractivity contribution in [2.24, 2.45) is 0 Å². The number of hydrogen-bond acceptors (Lipinski definition) is 4. The Kier molecular flexibility index (Phi) is 7.67. The lowest BCUT2D eigenvalue weighted by Crippen LogP contribution is -2.42. The number of rotatable bonds is 9. The quantitative estimate of drug-likeness (QED) is 0.671. The van der Waals surface area contributed by atoms with Crippen molar-refractivity contribution in [1.82, 2.24) is 5.32 Å². The van der Waals surface area contributed by atoms with Gasteiger partial charge in [0.1, 0.15) is 12.3 Å². The molecule has 0 unspecified atom stereocenters. The number of hydrogen-bond donors (Lipinski definition) is 1. The van der Waals surface area contributed by atoms with Gasteiger partial charge in [-0.1, -0.05) is 51.1 Å². The summed E-state index contributed by atoms with van der Waals surface area (Å²) in [7, 11) is -2.03. The van der Waals surface area contributed by atoms with Crippen LogP contribution >= 0.6 is 0 Å². The number of methoxy groups -OCH3 is 1. The van der Waals surface area contributed by atoms with Crippen LogP contribution in [-0.4, -0.2) is 34.2 Å². The summed E-state index contributed by atoms with van der Waals surface area (Å²) >= 11 is 0. The molecule has 0 aliphatic rings. The molecule has 29 heavy (non-hydrogen) atoms. The van der Waals surface area contributed by atoms with Crippen molar-refractivity contribution in [2.75, 3.05) is 24.2 Å². The molecule has 1 atom stereocenters. The minimum absolute atomic E-state index is 0.126. The normalized spacial score (nSPS) is 12.5. The summed E-state index contributed by atoms with van der Waals surface area (Å²) < 4.78 is 31.3. The first-order chi connectivity index (χ1) is 13.7. The van der Waals surface area contributed by atoms with Crippen molar-refractivity contribution in [1.29, 1.82) is 0 Å². The minimum Gasteiger partial charge on any atom is -0.497 e. The second-order valence-corrected chi connectivity index (χ2v) is 9.19. The Morgan fingerprint density at radius 2 is 1.72 bits per heavy atom. The summed E-state index contributed by atoms with van der Waals surface area (Å²) in [5.74, 6) is 0.515. The Morgan fingerprint density at radius 1 is 1.10 bits per heavy atom. The maximum atomic E-state index is 12.8. The number of anilines is 1. The molecule has 2 rings (SSSR count). The molecular formula is C22H30N2O4S. The van der Waals surface area contributed by atoms with Gasteiger partial charge < -0.3 is 10.1 Å². The van der Waals surface area contributed by atoms with Crippen LogP contribution in [0.2, 0.25) is 0 Å². The van der Waals surface area contributed by atoms with Crippen LogP contribution in [0.15, 0.2) is 48.5 Å². The van der Waals surface area contributed by atoms with Crippen LogP contribution in [0, 0.1) is 0 Å². The average Bonchev–Trinajstić information content (AvgIpc) is 2.69. The van der Waals surface area contributed by atoms with Gasteiger partial charge in [0.15, 0.2) is 0 Å². The molecule has 0 fully saturated rings. The van der Waals surface area contributed by atoms with Crippen LogP contribution in [0.1, 0.15) is 50.3 Å². The van der Waals surface area contributed by atoms with E-state index in [4.69, 9.17) is 4.74 Å². The van der Waals surface area contributed by atoms with Crippen molar-refractivity contribution in [2.45, 2.75) is 39.2 Å². The molecule has 0 bridgehead atoms. The van der Waals surface area contributed by atoms with E-state index in [-0.39, 0.29) is 24.4 Å². The highest BCUT2D eigenvalue weighted by atomic mass is 32.2. The second kappa shape index (κ2) is 9.78. The highest BCUT2D eigenvalue weighted by molar-refractivity contribution is 7.92. The molecule has 158 valence electrons. The van der Waals surface area contributed by atoms with Crippen LogP contribution in [0.5, 0.6) is 5.75 Å². The van der Waals surface area contributed by atoms with Crippen LogP contribution < -0.4 is 14.4 Å². The fourth-order valence-corrected chi connectivity index (χ4v) is 4.09. The van der Waals surface area contributed by atoms with E-state index in [0.717, 1.165) is 23.1 Å². The molecule has 0 heterocycles. The summed E-state index contributed by atoms with van der Waals surface area (Å²) in [6.07, 6.45) is 1.80. The van der Waals surface area contributed by atoms with Gasteiger partial charge in [0.25, 0.3) is 0 Å². The summed E-state index contributed by atoms with van der Waals surface area (Å²) in [6, 6.07) is 14.5. The lowest BCUT2D eigenvalue weighted by atomic mass is 10.0. The smallest absolute Gasteiger partial charge is 0.241 e. The van der Waals surface area contributed by atoms with Crippen LogP contribution in [0.25, 0.3) is 0 Å². The molecule has 0 radical (unpaired) electrons. The van der Waals surface area contributed by atoms with Gasteiger partial charge >= 0.3 is 0 Å². The Labute approximate surface area is 173 Å². The monoisotopic (exact) mass is 418 g/mol. The number of benzene rings is 2. The highest BCUT2D eigenvalue weighted by Crippen LogP contribution is 2.29. The van der Waals surface area contributed by atoms with Crippen LogP contribution in [0.3, 0.4) is 0 Å². The standard InChI is InChI=1S/C22H30N2O4S/c1-6-20(17-11-13-18(28-4)14-12-17)23-22(25)15-24(29(5,26)27)21-10-8-7-9-19(21)16(2)3/h7-14,16,20H,6,15H2,1-5H3,(H,23,25)/t20-/m1/s1. The van der Waals surface area contributed by atoms with Gasteiger partial charge in [0.2, 0.25) is 15.9 Å². The number of amides is 1. The van der Waals surface area contributed by atoms with Crippen molar-refractivity contribution in [3.8, 4) is 5.75 Å². The van der Waals surface area contributed by atoms with Gasteiger partial charge in [0, 0.05) is 0 Å². The molecular weight excluding hydrogens is 388 g/mol. The zero-order chi connectivity index (χ0) is 21.6. The zero-order valence-electron chi connectivity index (χ0n) is 17.7. The van der Waals surface area contributed by atoms with Gasteiger partial charge in [-0.2, -0.15) is 0 Å². The molecule has 2 aromatic carbocycles. The number of nitrogens with one attached hydrogen (secondary N) is 1. The maximum Gasteiger partial charge on any atom is 0.241 e. The van der Waals surface area contributed by atoms with Crippen molar-refractivity contribution in [3.05, 3.63) is 59.7 Å². The number of sulfonamides is 1. The van der Waals surface area contributed by atoms with Gasteiger partial charge in [-0.15, -0.1) is 0 Å². The highest BCUT2D eigenvalue weighted by Gasteiger charge is 2.25. The second-order valence-electron chi connectivity index (χ2n) is 7.28. The molecule has 0 aromatic heterocycles. The summed E-state index contributed by atoms with van der Waals surface area (Å²) in [4.78, 5) is 12.8. The Balaban J connectivity index is 2.24. The van der Waals surface area contributed by atoms with E-state index in [1.807, 2.05) is 57.2 Å². The molecule has 1 amide bonds. The SMILES string of the molecule is CC[C@@H](NC(=O)CN(c1ccccc1C(C)C)S(C)(=O)=O)c1ccc(OC)cc1. The van der Waals surface area contributed by atoms with Gasteiger partial charge in [0.05, 0.1) is 25.1 Å². The largest absolute Gasteiger partial charge is 0.497 e. The summed E-state index contributed by atoms with van der Waals surface area (Å²) in [6.45, 7) is 5.69. The molecule has 7 heteroatoms. The van der Waals surface area contributed by atoms with Crippen molar-refractivity contribution < 1.29 is 17.9 Å². The number of carbonyl (C=O) groups is 1. The van der Waals surface area contributed by atoms with Crippen molar-refractivity contribution in [3.63, 3.8) is 0 Å². The molecule has 0 aliphatic heterocycles. The number of ether oxygens (including phenoxy) is 1. The Hall–Kier alpha value is -2.54.